The van der Waals surface area contributed by atoms with E-state index < -0.39 is 0 Å². The molecule has 2 aromatic carbocycles. The normalized spacial score (nSPS) is 24.9. The topological polar surface area (TPSA) is 46.5 Å². The van der Waals surface area contributed by atoms with Crippen molar-refractivity contribution in [3.63, 3.8) is 0 Å². The quantitative estimate of drug-likeness (QED) is 0.318. The molecule has 3 heteroatoms. The molecule has 3 atom stereocenters. The molecule has 2 aromatic rings. The zero-order valence-corrected chi connectivity index (χ0v) is 17.8. The van der Waals surface area contributed by atoms with Gasteiger partial charge < -0.3 is 9.84 Å². The molecule has 0 aromatic heterocycles. The van der Waals surface area contributed by atoms with Gasteiger partial charge in [-0.3, -0.25) is 0 Å². The van der Waals surface area contributed by atoms with Crippen molar-refractivity contribution >= 4 is 5.97 Å². The molecule has 158 valence electrons. The Hall–Kier alpha value is -2.39. The number of ether oxygens (including phenoxy) is 1. The largest absolute Gasteiger partial charge is 0.458 e. The van der Waals surface area contributed by atoms with Gasteiger partial charge in [0.1, 0.15) is 6.10 Å². The number of benzene rings is 2. The van der Waals surface area contributed by atoms with Crippen LogP contribution in [-0.4, -0.2) is 23.3 Å². The number of rotatable bonds is 8. The highest BCUT2D eigenvalue weighted by Crippen LogP contribution is 2.63. The van der Waals surface area contributed by atoms with Crippen LogP contribution in [0.5, 0.6) is 0 Å². The van der Waals surface area contributed by atoms with Crippen molar-refractivity contribution in [1.82, 2.24) is 0 Å². The molecule has 1 unspecified atom stereocenters. The van der Waals surface area contributed by atoms with E-state index in [9.17, 15) is 9.90 Å². The number of aliphatic hydroxyl groups excluding tert-OH is 1. The van der Waals surface area contributed by atoms with E-state index >= 15 is 0 Å². The number of aliphatic hydroxyl groups is 1. The van der Waals surface area contributed by atoms with E-state index in [0.29, 0.717) is 5.56 Å². The molecule has 2 aliphatic carbocycles. The number of carbonyl (C=O) groups excluding carboxylic acids is 1. The lowest BCUT2D eigenvalue weighted by atomic mass is 10.00. The van der Waals surface area contributed by atoms with Crippen LogP contribution in [0.4, 0.5) is 0 Å². The fourth-order valence-electron chi connectivity index (χ4n) is 4.85. The monoisotopic (exact) mass is 404 g/mol. The van der Waals surface area contributed by atoms with Gasteiger partial charge in [0.25, 0.3) is 0 Å². The minimum atomic E-state index is -0.367. The van der Waals surface area contributed by atoms with Crippen molar-refractivity contribution < 1.29 is 14.6 Å². The van der Waals surface area contributed by atoms with E-state index in [0.717, 1.165) is 62.5 Å². The number of hydrogen-bond donors (Lipinski definition) is 1. The molecule has 2 fully saturated rings. The Morgan fingerprint density at radius 3 is 2.60 bits per heavy atom. The fraction of sp³-hybridized carbons (Fsp3) is 0.444. The van der Waals surface area contributed by atoms with E-state index in [2.05, 4.69) is 19.1 Å². The first kappa shape index (κ1) is 20.9. The maximum absolute atomic E-state index is 12.8. The number of carbonyl (C=O) groups is 1. The van der Waals surface area contributed by atoms with Gasteiger partial charge in [0.2, 0.25) is 0 Å². The lowest BCUT2D eigenvalue weighted by Crippen LogP contribution is -2.24. The molecule has 30 heavy (non-hydrogen) atoms. The van der Waals surface area contributed by atoms with Gasteiger partial charge in [-0.05, 0) is 55.4 Å². The molecular formula is C27H32O3. The predicted octanol–water partition coefficient (Wildman–Crippen LogP) is 6.32. The van der Waals surface area contributed by atoms with Crippen LogP contribution >= 0.6 is 0 Å². The molecular weight excluding hydrogens is 372 g/mol. The third-order valence-electron chi connectivity index (χ3n) is 6.70. The summed E-state index contributed by atoms with van der Waals surface area (Å²) in [5.74, 6) is -0.240. The summed E-state index contributed by atoms with van der Waals surface area (Å²) in [6, 6.07) is 17.8. The van der Waals surface area contributed by atoms with Gasteiger partial charge in [0.05, 0.1) is 11.7 Å². The summed E-state index contributed by atoms with van der Waals surface area (Å²) in [7, 11) is 0. The zero-order valence-electron chi connectivity index (χ0n) is 17.8. The summed E-state index contributed by atoms with van der Waals surface area (Å²) in [4.78, 5) is 12.8. The van der Waals surface area contributed by atoms with E-state index in [1.807, 2.05) is 48.5 Å². The molecule has 4 rings (SSSR count). The molecule has 0 aliphatic heterocycles. The average Bonchev–Trinajstić information content (AvgIpc) is 3.31. The minimum absolute atomic E-state index is 0.00856. The Kier molecular flexibility index (Phi) is 6.38. The van der Waals surface area contributed by atoms with Crippen LogP contribution < -0.4 is 0 Å². The van der Waals surface area contributed by atoms with Gasteiger partial charge in [0.15, 0.2) is 0 Å². The maximum atomic E-state index is 12.8. The highest BCUT2D eigenvalue weighted by Gasteiger charge is 2.58. The molecule has 0 saturated heterocycles. The Labute approximate surface area is 179 Å². The van der Waals surface area contributed by atoms with Crippen LogP contribution in [0.3, 0.4) is 0 Å². The van der Waals surface area contributed by atoms with Crippen molar-refractivity contribution in [1.29, 1.82) is 0 Å². The lowest BCUT2D eigenvalue weighted by molar-refractivity contribution is 0.0187. The van der Waals surface area contributed by atoms with Crippen LogP contribution in [0.1, 0.15) is 68.6 Å². The third-order valence-corrected chi connectivity index (χ3v) is 6.70. The van der Waals surface area contributed by atoms with Crippen molar-refractivity contribution in [3.05, 3.63) is 71.8 Å². The lowest BCUT2D eigenvalue weighted by Gasteiger charge is -2.19. The molecule has 1 N–H and O–H groups in total. The highest BCUT2D eigenvalue weighted by atomic mass is 16.5. The maximum Gasteiger partial charge on any atom is 0.338 e. The van der Waals surface area contributed by atoms with Crippen LogP contribution in [0, 0.1) is 5.41 Å². The van der Waals surface area contributed by atoms with Crippen LogP contribution in [-0.2, 0) is 4.74 Å². The summed E-state index contributed by atoms with van der Waals surface area (Å²) >= 11 is 0. The molecule has 2 aliphatic rings. The van der Waals surface area contributed by atoms with Gasteiger partial charge in [-0.1, -0.05) is 80.3 Å². The average molecular weight is 405 g/mol. The predicted molar refractivity (Wildman–Crippen MR) is 120 cm³/mol. The Bertz CT molecular complexity index is 884. The van der Waals surface area contributed by atoms with Crippen molar-refractivity contribution in [2.24, 2.45) is 5.41 Å². The number of hydrogen-bond acceptors (Lipinski definition) is 3. The molecule has 0 amide bonds. The molecule has 0 radical (unpaired) electrons. The van der Waals surface area contributed by atoms with Gasteiger partial charge in [-0.25, -0.2) is 4.79 Å². The zero-order chi connectivity index (χ0) is 21.0. The Morgan fingerprint density at radius 2 is 1.87 bits per heavy atom. The number of esters is 1. The minimum Gasteiger partial charge on any atom is -0.458 e. The van der Waals surface area contributed by atoms with Crippen LogP contribution in [0.25, 0.3) is 11.1 Å². The fourth-order valence-corrected chi connectivity index (χ4v) is 4.85. The van der Waals surface area contributed by atoms with Crippen LogP contribution in [0.2, 0.25) is 0 Å². The third kappa shape index (κ3) is 4.52. The van der Waals surface area contributed by atoms with Gasteiger partial charge in [-0.2, -0.15) is 0 Å². The Morgan fingerprint density at radius 1 is 1.13 bits per heavy atom. The van der Waals surface area contributed by atoms with Crippen LogP contribution in [0.15, 0.2) is 66.2 Å². The van der Waals surface area contributed by atoms with E-state index in [1.165, 1.54) is 5.57 Å². The standard InChI is InChI=1S/C27H32O3/c1-2-3-5-11-24(28)18-23-19-27(23)17-8-12-25(27)30-26(29)22-15-13-21(14-16-22)20-9-6-4-7-10-20/h4,6-7,9-10,13-16,18,24-25,28H,2-3,5,8,11-12,17,19H2,1H3/b23-18+/t24-,25+,27?/m0/s1. The summed E-state index contributed by atoms with van der Waals surface area (Å²) < 4.78 is 5.97. The van der Waals surface area contributed by atoms with Crippen molar-refractivity contribution in [3.8, 4) is 11.1 Å². The highest BCUT2D eigenvalue weighted by molar-refractivity contribution is 5.90. The summed E-state index contributed by atoms with van der Waals surface area (Å²) in [5, 5.41) is 10.3. The van der Waals surface area contributed by atoms with E-state index in [-0.39, 0.29) is 23.6 Å². The molecule has 2 saturated carbocycles. The second kappa shape index (κ2) is 9.18. The summed E-state index contributed by atoms with van der Waals surface area (Å²) in [5.41, 5.74) is 4.11. The van der Waals surface area contributed by atoms with E-state index in [4.69, 9.17) is 4.74 Å². The van der Waals surface area contributed by atoms with Crippen molar-refractivity contribution in [2.45, 2.75) is 70.5 Å². The second-order valence-electron chi connectivity index (χ2n) is 8.82. The summed E-state index contributed by atoms with van der Waals surface area (Å²) in [6.07, 6.45) is 9.83. The second-order valence-corrected chi connectivity index (χ2v) is 8.82. The SMILES string of the molecule is CCCCC[C@H](O)/C=C1\CC12CCC[C@H]2OC(=O)c1ccc(-c2ccccc2)cc1. The first-order valence-electron chi connectivity index (χ1n) is 11.4. The van der Waals surface area contributed by atoms with Gasteiger partial charge >= 0.3 is 5.97 Å². The Balaban J connectivity index is 1.37. The van der Waals surface area contributed by atoms with E-state index in [1.54, 1.807) is 0 Å². The first-order chi connectivity index (χ1) is 14.6. The van der Waals surface area contributed by atoms with Gasteiger partial charge in [-0.15, -0.1) is 0 Å². The van der Waals surface area contributed by atoms with Gasteiger partial charge in [0, 0.05) is 5.41 Å². The molecule has 3 nitrogen and oxygen atoms in total. The van der Waals surface area contributed by atoms with Crippen molar-refractivity contribution in [2.75, 3.05) is 0 Å². The molecule has 1 spiro atoms. The number of unbranched alkanes of at least 4 members (excludes halogenated alkanes) is 2. The molecule has 0 heterocycles. The smallest absolute Gasteiger partial charge is 0.338 e. The molecule has 0 bridgehead atoms. The summed E-state index contributed by atoms with van der Waals surface area (Å²) in [6.45, 7) is 2.17. The first-order valence-corrected chi connectivity index (χ1v) is 11.4.